The molecule has 1 aliphatic carbocycles. The molecule has 0 radical (unpaired) electrons. The Morgan fingerprint density at radius 2 is 2.00 bits per heavy atom. The highest BCUT2D eigenvalue weighted by Gasteiger charge is 2.34. The lowest BCUT2D eigenvalue weighted by molar-refractivity contribution is -0.121. The van der Waals surface area contributed by atoms with Crippen LogP contribution < -0.4 is 14.8 Å². The van der Waals surface area contributed by atoms with E-state index in [1.54, 1.807) is 0 Å². The van der Waals surface area contributed by atoms with Crippen molar-refractivity contribution < 1.29 is 19.0 Å². The third kappa shape index (κ3) is 4.63. The van der Waals surface area contributed by atoms with Crippen LogP contribution in [0.15, 0.2) is 18.2 Å². The number of hydrogen-bond donors (Lipinski definition) is 1. The Kier molecular flexibility index (Phi) is 5.61. The molecule has 24 heavy (non-hydrogen) atoms. The van der Waals surface area contributed by atoms with Crippen molar-refractivity contribution in [3.8, 4) is 11.5 Å². The van der Waals surface area contributed by atoms with Crippen LogP contribution in [0.3, 0.4) is 0 Å². The summed E-state index contributed by atoms with van der Waals surface area (Å²) in [7, 11) is 0. The Morgan fingerprint density at radius 1 is 1.25 bits per heavy atom. The van der Waals surface area contributed by atoms with Gasteiger partial charge >= 0.3 is 0 Å². The second-order valence-corrected chi connectivity index (χ2v) is 6.82. The average Bonchev–Trinajstić information content (AvgIpc) is 3.41. The zero-order valence-electron chi connectivity index (χ0n) is 14.5. The van der Waals surface area contributed by atoms with E-state index in [9.17, 15) is 4.79 Å². The quantitative estimate of drug-likeness (QED) is 0.743. The molecular weight excluding hydrogens is 306 g/mol. The van der Waals surface area contributed by atoms with Crippen LogP contribution in [0.5, 0.6) is 11.5 Å². The van der Waals surface area contributed by atoms with Gasteiger partial charge in [0.2, 0.25) is 5.91 Å². The SMILES string of the molecule is CC(C)OCCNC(=O)CC(c1ccc2c(c1)OCCO2)C1CC1. The van der Waals surface area contributed by atoms with Crippen molar-refractivity contribution in [2.45, 2.75) is 45.1 Å². The van der Waals surface area contributed by atoms with Crippen molar-refractivity contribution in [1.29, 1.82) is 0 Å². The Hall–Kier alpha value is -1.75. The number of carbonyl (C=O) groups is 1. The molecule has 1 unspecified atom stereocenters. The van der Waals surface area contributed by atoms with E-state index in [1.165, 1.54) is 18.4 Å². The van der Waals surface area contributed by atoms with E-state index in [4.69, 9.17) is 14.2 Å². The van der Waals surface area contributed by atoms with Crippen LogP contribution in [0.25, 0.3) is 0 Å². The molecule has 1 saturated carbocycles. The van der Waals surface area contributed by atoms with Gasteiger partial charge in [-0.05, 0) is 56.2 Å². The number of amides is 1. The highest BCUT2D eigenvalue weighted by molar-refractivity contribution is 5.77. The Morgan fingerprint density at radius 3 is 2.71 bits per heavy atom. The topological polar surface area (TPSA) is 56.8 Å². The zero-order valence-corrected chi connectivity index (χ0v) is 14.5. The third-order valence-electron chi connectivity index (χ3n) is 4.47. The molecule has 1 fully saturated rings. The maximum atomic E-state index is 12.3. The molecule has 0 spiro atoms. The first-order valence-electron chi connectivity index (χ1n) is 8.91. The van der Waals surface area contributed by atoms with E-state index in [-0.39, 0.29) is 17.9 Å². The first-order valence-corrected chi connectivity index (χ1v) is 8.91. The minimum Gasteiger partial charge on any atom is -0.486 e. The number of hydrogen-bond acceptors (Lipinski definition) is 4. The summed E-state index contributed by atoms with van der Waals surface area (Å²) in [5.74, 6) is 2.55. The lowest BCUT2D eigenvalue weighted by atomic mass is 9.90. The predicted octanol–water partition coefficient (Wildman–Crippen LogP) is 2.88. The molecule has 1 aromatic rings. The van der Waals surface area contributed by atoms with Crippen LogP contribution >= 0.6 is 0 Å². The average molecular weight is 333 g/mol. The van der Waals surface area contributed by atoms with Crippen molar-refractivity contribution in [2.24, 2.45) is 5.92 Å². The van der Waals surface area contributed by atoms with E-state index in [0.29, 0.717) is 38.7 Å². The molecular formula is C19H27NO4. The van der Waals surface area contributed by atoms with Gasteiger partial charge in [-0.3, -0.25) is 4.79 Å². The highest BCUT2D eigenvalue weighted by atomic mass is 16.6. The minimum atomic E-state index is 0.0918. The maximum absolute atomic E-state index is 12.3. The lowest BCUT2D eigenvalue weighted by Crippen LogP contribution is -2.29. The molecule has 1 atom stereocenters. The van der Waals surface area contributed by atoms with Gasteiger partial charge in [0.25, 0.3) is 0 Å². The Labute approximate surface area is 143 Å². The summed E-state index contributed by atoms with van der Waals surface area (Å²) in [6.45, 7) is 6.29. The van der Waals surface area contributed by atoms with E-state index < -0.39 is 0 Å². The van der Waals surface area contributed by atoms with Crippen LogP contribution in [0.4, 0.5) is 0 Å². The molecule has 1 N–H and O–H groups in total. The number of fused-ring (bicyclic) bond motifs is 1. The summed E-state index contributed by atoms with van der Waals surface area (Å²) in [6, 6.07) is 6.09. The van der Waals surface area contributed by atoms with Crippen molar-refractivity contribution in [1.82, 2.24) is 5.32 Å². The summed E-state index contributed by atoms with van der Waals surface area (Å²) in [5.41, 5.74) is 1.18. The number of benzene rings is 1. The van der Waals surface area contributed by atoms with Gasteiger partial charge in [-0.15, -0.1) is 0 Å². The Bertz CT molecular complexity index is 568. The van der Waals surface area contributed by atoms with Gasteiger partial charge in [-0.1, -0.05) is 6.07 Å². The van der Waals surface area contributed by atoms with Crippen LogP contribution in [0.1, 0.15) is 44.6 Å². The van der Waals surface area contributed by atoms with Gasteiger partial charge in [0.05, 0.1) is 12.7 Å². The second kappa shape index (κ2) is 7.88. The number of carbonyl (C=O) groups excluding carboxylic acids is 1. The van der Waals surface area contributed by atoms with Gasteiger partial charge in [-0.25, -0.2) is 0 Å². The molecule has 2 aliphatic rings. The molecule has 132 valence electrons. The van der Waals surface area contributed by atoms with Crippen molar-refractivity contribution in [2.75, 3.05) is 26.4 Å². The molecule has 0 bridgehead atoms. The molecule has 1 aliphatic heterocycles. The number of nitrogens with one attached hydrogen (secondary N) is 1. The molecule has 5 heteroatoms. The standard InChI is InChI=1S/C19H27NO4/c1-13(2)22-8-7-20-19(21)12-16(14-3-4-14)15-5-6-17-18(11-15)24-10-9-23-17/h5-6,11,13-14,16H,3-4,7-10,12H2,1-2H3,(H,20,21). The van der Waals surface area contributed by atoms with Crippen molar-refractivity contribution in [3.63, 3.8) is 0 Å². The molecule has 1 amide bonds. The summed E-state index contributed by atoms with van der Waals surface area (Å²) in [5, 5.41) is 2.96. The summed E-state index contributed by atoms with van der Waals surface area (Å²) in [6.07, 6.45) is 3.11. The summed E-state index contributed by atoms with van der Waals surface area (Å²) >= 11 is 0. The molecule has 0 saturated heterocycles. The highest BCUT2D eigenvalue weighted by Crippen LogP contribution is 2.46. The first-order chi connectivity index (χ1) is 11.6. The molecule has 5 nitrogen and oxygen atoms in total. The van der Waals surface area contributed by atoms with Gasteiger partial charge in [0.15, 0.2) is 11.5 Å². The lowest BCUT2D eigenvalue weighted by Gasteiger charge is -2.22. The zero-order chi connectivity index (χ0) is 16.9. The summed E-state index contributed by atoms with van der Waals surface area (Å²) in [4.78, 5) is 12.3. The van der Waals surface area contributed by atoms with E-state index >= 15 is 0 Å². The molecule has 0 aromatic heterocycles. The number of rotatable bonds is 8. The minimum absolute atomic E-state index is 0.0918. The van der Waals surface area contributed by atoms with Crippen LogP contribution in [-0.4, -0.2) is 38.4 Å². The molecule has 1 aromatic carbocycles. The van der Waals surface area contributed by atoms with E-state index in [0.717, 1.165) is 11.5 Å². The number of ether oxygens (including phenoxy) is 3. The fraction of sp³-hybridized carbons (Fsp3) is 0.632. The smallest absolute Gasteiger partial charge is 0.220 e. The van der Waals surface area contributed by atoms with E-state index in [2.05, 4.69) is 11.4 Å². The monoisotopic (exact) mass is 333 g/mol. The fourth-order valence-corrected chi connectivity index (χ4v) is 3.10. The largest absolute Gasteiger partial charge is 0.486 e. The predicted molar refractivity (Wildman–Crippen MR) is 91.6 cm³/mol. The molecule has 1 heterocycles. The normalized spacial score (nSPS) is 17.6. The van der Waals surface area contributed by atoms with Crippen molar-refractivity contribution in [3.05, 3.63) is 23.8 Å². The van der Waals surface area contributed by atoms with E-state index in [1.807, 2.05) is 26.0 Å². The van der Waals surface area contributed by atoms with Crippen molar-refractivity contribution >= 4 is 5.91 Å². The van der Waals surface area contributed by atoms with Crippen LogP contribution in [0.2, 0.25) is 0 Å². The third-order valence-corrected chi connectivity index (χ3v) is 4.47. The van der Waals surface area contributed by atoms with Gasteiger partial charge in [0, 0.05) is 13.0 Å². The van der Waals surface area contributed by atoms with Gasteiger partial charge in [-0.2, -0.15) is 0 Å². The fourth-order valence-electron chi connectivity index (χ4n) is 3.10. The van der Waals surface area contributed by atoms with Gasteiger partial charge in [0.1, 0.15) is 13.2 Å². The second-order valence-electron chi connectivity index (χ2n) is 6.82. The maximum Gasteiger partial charge on any atom is 0.220 e. The summed E-state index contributed by atoms with van der Waals surface area (Å²) < 4.78 is 16.7. The van der Waals surface area contributed by atoms with Gasteiger partial charge < -0.3 is 19.5 Å². The molecule has 3 rings (SSSR count). The first kappa shape index (κ1) is 17.1. The van der Waals surface area contributed by atoms with Crippen LogP contribution in [0, 0.1) is 5.92 Å². The van der Waals surface area contributed by atoms with Crippen LogP contribution in [-0.2, 0) is 9.53 Å². The Balaban J connectivity index is 1.58.